The highest BCUT2D eigenvalue weighted by Gasteiger charge is 2.12. The van der Waals surface area contributed by atoms with Crippen molar-refractivity contribution in [3.05, 3.63) is 16.1 Å². The van der Waals surface area contributed by atoms with Crippen molar-refractivity contribution in [1.82, 2.24) is 4.98 Å². The Bertz CT molecular complexity index is 280. The molecule has 0 spiro atoms. The monoisotopic (exact) mass is 185 g/mol. The highest BCUT2D eigenvalue weighted by Crippen LogP contribution is 2.23. The van der Waals surface area contributed by atoms with Gasteiger partial charge in [-0.2, -0.15) is 0 Å². The summed E-state index contributed by atoms with van der Waals surface area (Å²) in [7, 11) is 0. The number of carboxylic acids is 1. The predicted molar refractivity (Wildman–Crippen MR) is 47.5 cm³/mol. The topological polar surface area (TPSA) is 50.2 Å². The molecule has 0 fully saturated rings. The lowest BCUT2D eigenvalue weighted by atomic mass is 10.1. The van der Waals surface area contributed by atoms with Crippen molar-refractivity contribution in [3.63, 3.8) is 0 Å². The van der Waals surface area contributed by atoms with E-state index in [4.69, 9.17) is 5.11 Å². The molecule has 1 rings (SSSR count). The van der Waals surface area contributed by atoms with E-state index in [2.05, 4.69) is 4.98 Å². The van der Waals surface area contributed by atoms with Crippen molar-refractivity contribution < 1.29 is 9.90 Å². The SMILES string of the molecule is CC(C)c1scnc1CC(=O)O. The average molecular weight is 185 g/mol. The molecule has 0 aliphatic heterocycles. The standard InChI is InChI=1S/C8H11NO2S/c1-5(2)8-6(3-7(10)11)9-4-12-8/h4-5H,3H2,1-2H3,(H,10,11). The lowest BCUT2D eigenvalue weighted by Gasteiger charge is -2.02. The van der Waals surface area contributed by atoms with Crippen LogP contribution in [-0.2, 0) is 11.2 Å². The third kappa shape index (κ3) is 2.04. The normalized spacial score (nSPS) is 10.6. The maximum atomic E-state index is 10.4. The molecule has 1 N–H and O–H groups in total. The van der Waals surface area contributed by atoms with E-state index in [0.29, 0.717) is 11.6 Å². The van der Waals surface area contributed by atoms with Gasteiger partial charge in [-0.1, -0.05) is 13.8 Å². The van der Waals surface area contributed by atoms with E-state index >= 15 is 0 Å². The van der Waals surface area contributed by atoms with Gasteiger partial charge in [0.25, 0.3) is 0 Å². The van der Waals surface area contributed by atoms with Crippen LogP contribution < -0.4 is 0 Å². The fraction of sp³-hybridized carbons (Fsp3) is 0.500. The van der Waals surface area contributed by atoms with Crippen LogP contribution in [0.3, 0.4) is 0 Å². The minimum atomic E-state index is -0.817. The van der Waals surface area contributed by atoms with Crippen LogP contribution in [0.1, 0.15) is 30.3 Å². The van der Waals surface area contributed by atoms with Gasteiger partial charge in [0.1, 0.15) is 0 Å². The summed E-state index contributed by atoms with van der Waals surface area (Å²) in [6.07, 6.45) is 0.0387. The van der Waals surface area contributed by atoms with Crippen molar-refractivity contribution in [2.75, 3.05) is 0 Å². The molecule has 12 heavy (non-hydrogen) atoms. The summed E-state index contributed by atoms with van der Waals surface area (Å²) in [6.45, 7) is 4.08. The fourth-order valence-corrected chi connectivity index (χ4v) is 1.85. The number of thiazole rings is 1. The summed E-state index contributed by atoms with van der Waals surface area (Å²) in [5.41, 5.74) is 2.41. The van der Waals surface area contributed by atoms with Crippen LogP contribution in [0, 0.1) is 0 Å². The van der Waals surface area contributed by atoms with Crippen LogP contribution in [0.2, 0.25) is 0 Å². The number of nitrogens with zero attached hydrogens (tertiary/aromatic N) is 1. The molecule has 66 valence electrons. The second kappa shape index (κ2) is 3.67. The molecule has 1 aromatic heterocycles. The van der Waals surface area contributed by atoms with Crippen LogP contribution in [0.15, 0.2) is 5.51 Å². The van der Waals surface area contributed by atoms with Gasteiger partial charge in [0.15, 0.2) is 0 Å². The quantitative estimate of drug-likeness (QED) is 0.782. The van der Waals surface area contributed by atoms with Crippen molar-refractivity contribution in [3.8, 4) is 0 Å². The first-order valence-corrected chi connectivity index (χ1v) is 4.63. The van der Waals surface area contributed by atoms with E-state index in [9.17, 15) is 4.79 Å². The lowest BCUT2D eigenvalue weighted by molar-refractivity contribution is -0.136. The van der Waals surface area contributed by atoms with Gasteiger partial charge in [0.05, 0.1) is 17.6 Å². The van der Waals surface area contributed by atoms with Crippen molar-refractivity contribution in [1.29, 1.82) is 0 Å². The van der Waals surface area contributed by atoms with Gasteiger partial charge >= 0.3 is 5.97 Å². The van der Waals surface area contributed by atoms with E-state index in [1.165, 1.54) is 11.3 Å². The Hall–Kier alpha value is -0.900. The van der Waals surface area contributed by atoms with Crippen molar-refractivity contribution in [2.24, 2.45) is 0 Å². The zero-order valence-corrected chi connectivity index (χ0v) is 7.89. The van der Waals surface area contributed by atoms with Crippen LogP contribution in [0.25, 0.3) is 0 Å². The summed E-state index contributed by atoms with van der Waals surface area (Å²) in [5, 5.41) is 8.56. The van der Waals surface area contributed by atoms with Gasteiger partial charge in [0, 0.05) is 4.88 Å². The molecule has 0 aliphatic rings. The highest BCUT2D eigenvalue weighted by molar-refractivity contribution is 7.09. The summed E-state index contributed by atoms with van der Waals surface area (Å²) in [4.78, 5) is 15.5. The number of hydrogen-bond donors (Lipinski definition) is 1. The Morgan fingerprint density at radius 2 is 2.42 bits per heavy atom. The number of carbonyl (C=O) groups is 1. The van der Waals surface area contributed by atoms with E-state index in [1.54, 1.807) is 5.51 Å². The first-order valence-electron chi connectivity index (χ1n) is 3.75. The lowest BCUT2D eigenvalue weighted by Crippen LogP contribution is -2.03. The molecule has 0 atom stereocenters. The van der Waals surface area contributed by atoms with Gasteiger partial charge in [-0.25, -0.2) is 4.98 Å². The Kier molecular flexibility index (Phi) is 2.81. The third-order valence-corrected chi connectivity index (χ3v) is 2.69. The molecule has 4 heteroatoms. The molecule has 0 saturated heterocycles. The Labute approximate surface area is 75.1 Å². The second-order valence-corrected chi connectivity index (χ2v) is 3.77. The summed E-state index contributed by atoms with van der Waals surface area (Å²) >= 11 is 1.53. The minimum absolute atomic E-state index is 0.0387. The summed E-state index contributed by atoms with van der Waals surface area (Å²) in [6, 6.07) is 0. The molecule has 0 amide bonds. The van der Waals surface area contributed by atoms with Crippen molar-refractivity contribution in [2.45, 2.75) is 26.2 Å². The molecule has 0 bridgehead atoms. The molecule has 0 aromatic carbocycles. The summed E-state index contributed by atoms with van der Waals surface area (Å²) < 4.78 is 0. The average Bonchev–Trinajstić information content (AvgIpc) is 2.33. The third-order valence-electron chi connectivity index (χ3n) is 1.52. The maximum absolute atomic E-state index is 10.4. The Morgan fingerprint density at radius 3 is 2.92 bits per heavy atom. The van der Waals surface area contributed by atoms with E-state index < -0.39 is 5.97 Å². The Morgan fingerprint density at radius 1 is 1.75 bits per heavy atom. The number of rotatable bonds is 3. The molecule has 0 unspecified atom stereocenters. The van der Waals surface area contributed by atoms with Gasteiger partial charge in [-0.3, -0.25) is 4.79 Å². The van der Waals surface area contributed by atoms with Crippen LogP contribution in [0.4, 0.5) is 0 Å². The van der Waals surface area contributed by atoms with E-state index in [0.717, 1.165) is 4.88 Å². The largest absolute Gasteiger partial charge is 0.481 e. The molecule has 3 nitrogen and oxygen atoms in total. The van der Waals surface area contributed by atoms with Gasteiger partial charge in [-0.05, 0) is 5.92 Å². The van der Waals surface area contributed by atoms with Crippen LogP contribution >= 0.6 is 11.3 Å². The minimum Gasteiger partial charge on any atom is -0.481 e. The first-order chi connectivity index (χ1) is 5.61. The molecule has 1 heterocycles. The van der Waals surface area contributed by atoms with Gasteiger partial charge < -0.3 is 5.11 Å². The highest BCUT2D eigenvalue weighted by atomic mass is 32.1. The number of carboxylic acid groups (broad SMARTS) is 1. The zero-order chi connectivity index (χ0) is 9.14. The smallest absolute Gasteiger partial charge is 0.309 e. The van der Waals surface area contributed by atoms with Gasteiger partial charge in [0.2, 0.25) is 0 Å². The van der Waals surface area contributed by atoms with E-state index in [1.807, 2.05) is 13.8 Å². The van der Waals surface area contributed by atoms with Crippen LogP contribution in [-0.4, -0.2) is 16.1 Å². The molecule has 1 aromatic rings. The molecule has 0 radical (unpaired) electrons. The zero-order valence-electron chi connectivity index (χ0n) is 7.07. The van der Waals surface area contributed by atoms with E-state index in [-0.39, 0.29) is 6.42 Å². The second-order valence-electron chi connectivity index (χ2n) is 2.89. The number of aromatic nitrogens is 1. The number of hydrogen-bond acceptors (Lipinski definition) is 3. The Balaban J connectivity index is 2.84. The fourth-order valence-electron chi connectivity index (χ4n) is 1.02. The summed E-state index contributed by atoms with van der Waals surface area (Å²) in [5.74, 6) is -0.449. The molecule has 0 saturated carbocycles. The van der Waals surface area contributed by atoms with Crippen LogP contribution in [0.5, 0.6) is 0 Å². The molecule has 0 aliphatic carbocycles. The van der Waals surface area contributed by atoms with Gasteiger partial charge in [-0.15, -0.1) is 11.3 Å². The molecular weight excluding hydrogens is 174 g/mol. The van der Waals surface area contributed by atoms with Crippen molar-refractivity contribution >= 4 is 17.3 Å². The first kappa shape index (κ1) is 9.19. The maximum Gasteiger partial charge on any atom is 0.309 e. The predicted octanol–water partition coefficient (Wildman–Crippen LogP) is 1.89. The number of aliphatic carboxylic acids is 1. The molecular formula is C8H11NO2S.